The molecule has 1 aliphatic heterocycles. The summed E-state index contributed by atoms with van der Waals surface area (Å²) in [4.78, 5) is 12.4. The minimum Gasteiger partial charge on any atom is -0.486 e. The third-order valence-electron chi connectivity index (χ3n) is 4.33. The Morgan fingerprint density at radius 1 is 1.14 bits per heavy atom. The fraction of sp³-hybridized carbons (Fsp3) is 0.316. The molecule has 0 fully saturated rings. The largest absolute Gasteiger partial charge is 0.486 e. The molecule has 7 nitrogen and oxygen atoms in total. The van der Waals surface area contributed by atoms with Crippen LogP contribution in [0.25, 0.3) is 0 Å². The lowest BCUT2D eigenvalue weighted by Gasteiger charge is -2.22. The average molecular weight is 425 g/mol. The van der Waals surface area contributed by atoms with Gasteiger partial charge in [-0.2, -0.15) is 4.31 Å². The molecule has 3 rings (SSSR count). The summed E-state index contributed by atoms with van der Waals surface area (Å²) in [5.74, 6) is 0.886. The van der Waals surface area contributed by atoms with Crippen LogP contribution in [0.1, 0.15) is 18.5 Å². The van der Waals surface area contributed by atoms with Gasteiger partial charge in [-0.15, -0.1) is 0 Å². The highest BCUT2D eigenvalue weighted by atomic mass is 35.5. The first-order valence-corrected chi connectivity index (χ1v) is 10.5. The molecule has 0 unspecified atom stereocenters. The molecule has 1 amide bonds. The second-order valence-corrected chi connectivity index (χ2v) is 8.89. The van der Waals surface area contributed by atoms with Gasteiger partial charge >= 0.3 is 0 Å². The number of ether oxygens (including phenoxy) is 2. The molecule has 2 aromatic rings. The molecule has 0 spiro atoms. The van der Waals surface area contributed by atoms with Crippen molar-refractivity contribution in [1.29, 1.82) is 0 Å². The highest BCUT2D eigenvalue weighted by Crippen LogP contribution is 2.32. The number of amides is 1. The van der Waals surface area contributed by atoms with E-state index in [1.54, 1.807) is 6.07 Å². The Labute approximate surface area is 169 Å². The number of carbonyl (C=O) groups is 1. The SMILES string of the molecule is C[C@@H](NC(=O)CN(C)S(=O)(=O)c1ccc(Cl)cc1)c1ccc2c(c1)OCCO2. The molecule has 0 radical (unpaired) electrons. The molecule has 150 valence electrons. The molecule has 0 aliphatic carbocycles. The van der Waals surface area contributed by atoms with Crippen LogP contribution in [0.15, 0.2) is 47.4 Å². The van der Waals surface area contributed by atoms with Gasteiger partial charge in [-0.1, -0.05) is 17.7 Å². The van der Waals surface area contributed by atoms with E-state index in [0.717, 1.165) is 9.87 Å². The van der Waals surface area contributed by atoms with Gasteiger partial charge in [-0.3, -0.25) is 4.79 Å². The van der Waals surface area contributed by atoms with Crippen LogP contribution in [0.2, 0.25) is 5.02 Å². The van der Waals surface area contributed by atoms with Crippen LogP contribution in [-0.4, -0.2) is 45.4 Å². The molecule has 1 N–H and O–H groups in total. The van der Waals surface area contributed by atoms with Gasteiger partial charge < -0.3 is 14.8 Å². The molecule has 1 heterocycles. The van der Waals surface area contributed by atoms with E-state index >= 15 is 0 Å². The Hall–Kier alpha value is -2.29. The Balaban J connectivity index is 1.63. The number of hydrogen-bond donors (Lipinski definition) is 1. The quantitative estimate of drug-likeness (QED) is 0.770. The second kappa shape index (κ2) is 8.38. The van der Waals surface area contributed by atoms with Crippen molar-refractivity contribution in [1.82, 2.24) is 9.62 Å². The van der Waals surface area contributed by atoms with Gasteiger partial charge in [0.15, 0.2) is 11.5 Å². The summed E-state index contributed by atoms with van der Waals surface area (Å²) >= 11 is 5.80. The smallest absolute Gasteiger partial charge is 0.243 e. The molecule has 0 saturated carbocycles. The number of sulfonamides is 1. The highest BCUT2D eigenvalue weighted by Gasteiger charge is 2.24. The number of halogens is 1. The number of hydrogen-bond acceptors (Lipinski definition) is 5. The molecule has 0 bridgehead atoms. The van der Waals surface area contributed by atoms with Gasteiger partial charge in [0.1, 0.15) is 13.2 Å². The molecule has 1 atom stereocenters. The summed E-state index contributed by atoms with van der Waals surface area (Å²) in [6, 6.07) is 10.9. The fourth-order valence-electron chi connectivity index (χ4n) is 2.77. The number of carbonyl (C=O) groups excluding carboxylic acids is 1. The van der Waals surface area contributed by atoms with E-state index in [1.807, 2.05) is 19.1 Å². The van der Waals surface area contributed by atoms with Crippen LogP contribution in [-0.2, 0) is 14.8 Å². The first kappa shape index (κ1) is 20.4. The Kier molecular flexibility index (Phi) is 6.12. The topological polar surface area (TPSA) is 84.9 Å². The lowest BCUT2D eigenvalue weighted by Crippen LogP contribution is -2.39. The Morgan fingerprint density at radius 2 is 1.79 bits per heavy atom. The van der Waals surface area contributed by atoms with Gasteiger partial charge in [0.05, 0.1) is 17.5 Å². The summed E-state index contributed by atoms with van der Waals surface area (Å²) in [5.41, 5.74) is 0.834. The minimum atomic E-state index is -3.79. The number of fused-ring (bicyclic) bond motifs is 1. The fourth-order valence-corrected chi connectivity index (χ4v) is 4.03. The van der Waals surface area contributed by atoms with Gasteiger partial charge in [0.25, 0.3) is 0 Å². The Bertz CT molecular complexity index is 963. The number of rotatable bonds is 6. The second-order valence-electron chi connectivity index (χ2n) is 6.41. The van der Waals surface area contributed by atoms with Crippen molar-refractivity contribution in [3.63, 3.8) is 0 Å². The summed E-state index contributed by atoms with van der Waals surface area (Å²) in [6.45, 7) is 2.49. The molecule has 28 heavy (non-hydrogen) atoms. The van der Waals surface area contributed by atoms with Crippen molar-refractivity contribution in [3.05, 3.63) is 53.1 Å². The van der Waals surface area contributed by atoms with Crippen LogP contribution < -0.4 is 14.8 Å². The summed E-state index contributed by atoms with van der Waals surface area (Å²) in [5, 5.41) is 3.24. The van der Waals surface area contributed by atoms with Crippen LogP contribution in [0.5, 0.6) is 11.5 Å². The maximum Gasteiger partial charge on any atom is 0.243 e. The summed E-state index contributed by atoms with van der Waals surface area (Å²) < 4.78 is 37.2. The van der Waals surface area contributed by atoms with E-state index in [2.05, 4.69) is 5.32 Å². The van der Waals surface area contributed by atoms with Crippen molar-refractivity contribution in [2.75, 3.05) is 26.8 Å². The van der Waals surface area contributed by atoms with Gasteiger partial charge in [-0.05, 0) is 48.9 Å². The van der Waals surface area contributed by atoms with E-state index in [9.17, 15) is 13.2 Å². The van der Waals surface area contributed by atoms with Crippen molar-refractivity contribution in [2.24, 2.45) is 0 Å². The normalized spacial score (nSPS) is 14.6. The molecule has 1 aliphatic rings. The van der Waals surface area contributed by atoms with Crippen LogP contribution in [0, 0.1) is 0 Å². The van der Waals surface area contributed by atoms with Crippen LogP contribution >= 0.6 is 11.6 Å². The predicted molar refractivity (Wildman–Crippen MR) is 105 cm³/mol. The number of nitrogens with one attached hydrogen (secondary N) is 1. The zero-order valence-corrected chi connectivity index (χ0v) is 17.1. The van der Waals surface area contributed by atoms with E-state index in [4.69, 9.17) is 21.1 Å². The third-order valence-corrected chi connectivity index (χ3v) is 6.40. The molecule has 0 aromatic heterocycles. The zero-order chi connectivity index (χ0) is 20.3. The number of benzene rings is 2. The van der Waals surface area contributed by atoms with Gasteiger partial charge in [-0.25, -0.2) is 8.42 Å². The molecule has 9 heteroatoms. The standard InChI is InChI=1S/C19H21ClN2O5S/c1-13(14-3-8-17-18(11-14)27-10-9-26-17)21-19(23)12-22(2)28(24,25)16-6-4-15(20)5-7-16/h3-8,11,13H,9-10,12H2,1-2H3,(H,21,23)/t13-/m1/s1. The molecule has 0 saturated heterocycles. The van der Waals surface area contributed by atoms with Crippen molar-refractivity contribution < 1.29 is 22.7 Å². The summed E-state index contributed by atoms with van der Waals surface area (Å²) in [7, 11) is -2.43. The maximum atomic E-state index is 12.6. The minimum absolute atomic E-state index is 0.0760. The lowest BCUT2D eigenvalue weighted by atomic mass is 10.1. The molecular weight excluding hydrogens is 404 g/mol. The van der Waals surface area contributed by atoms with E-state index in [-0.39, 0.29) is 17.5 Å². The van der Waals surface area contributed by atoms with Crippen LogP contribution in [0.4, 0.5) is 0 Å². The number of likely N-dealkylation sites (N-methyl/N-ethyl adjacent to an activating group) is 1. The van der Waals surface area contributed by atoms with E-state index in [0.29, 0.717) is 29.7 Å². The van der Waals surface area contributed by atoms with Crippen LogP contribution in [0.3, 0.4) is 0 Å². The van der Waals surface area contributed by atoms with Crippen molar-refractivity contribution in [3.8, 4) is 11.5 Å². The molecular formula is C19H21ClN2O5S. The monoisotopic (exact) mass is 424 g/mol. The zero-order valence-electron chi connectivity index (χ0n) is 15.5. The highest BCUT2D eigenvalue weighted by molar-refractivity contribution is 7.89. The predicted octanol–water partition coefficient (Wildman–Crippen LogP) is 2.61. The third kappa shape index (κ3) is 4.57. The average Bonchev–Trinajstić information content (AvgIpc) is 2.67. The van der Waals surface area contributed by atoms with E-state index < -0.39 is 15.9 Å². The van der Waals surface area contributed by atoms with Gasteiger partial charge in [0, 0.05) is 12.1 Å². The van der Waals surface area contributed by atoms with Gasteiger partial charge in [0.2, 0.25) is 15.9 Å². The maximum absolute atomic E-state index is 12.6. The first-order valence-electron chi connectivity index (χ1n) is 8.68. The van der Waals surface area contributed by atoms with E-state index in [1.165, 1.54) is 31.3 Å². The number of nitrogens with zero attached hydrogens (tertiary/aromatic N) is 1. The van der Waals surface area contributed by atoms with Crippen molar-refractivity contribution in [2.45, 2.75) is 17.9 Å². The van der Waals surface area contributed by atoms with Crippen molar-refractivity contribution >= 4 is 27.5 Å². The molecule has 2 aromatic carbocycles. The summed E-state index contributed by atoms with van der Waals surface area (Å²) in [6.07, 6.45) is 0. The lowest BCUT2D eigenvalue weighted by molar-refractivity contribution is -0.121. The first-order chi connectivity index (χ1) is 13.3. The Morgan fingerprint density at radius 3 is 2.46 bits per heavy atom.